The minimum Gasteiger partial charge on any atom is -0.487 e. The summed E-state index contributed by atoms with van der Waals surface area (Å²) in [6, 6.07) is 5.56. The summed E-state index contributed by atoms with van der Waals surface area (Å²) in [5.41, 5.74) is 1.34. The summed E-state index contributed by atoms with van der Waals surface area (Å²) in [5.74, 6) is 0.864. The smallest absolute Gasteiger partial charge is 0.232 e. The van der Waals surface area contributed by atoms with Gasteiger partial charge in [0.15, 0.2) is 0 Å². The topological polar surface area (TPSA) is 67.4 Å². The Morgan fingerprint density at radius 3 is 2.70 bits per heavy atom. The average Bonchev–Trinajstić information content (AvgIpc) is 2.37. The van der Waals surface area contributed by atoms with Crippen molar-refractivity contribution in [3.8, 4) is 5.75 Å². The molecule has 112 valence electrons. The van der Waals surface area contributed by atoms with Crippen molar-refractivity contribution in [3.05, 3.63) is 23.8 Å². The lowest BCUT2D eigenvalue weighted by Crippen LogP contribution is -2.38. The molecule has 0 radical (unpaired) electrons. The third-order valence-corrected chi connectivity index (χ3v) is 4.78. The third kappa shape index (κ3) is 3.24. The largest absolute Gasteiger partial charge is 0.487 e. The van der Waals surface area contributed by atoms with Crippen molar-refractivity contribution in [2.75, 3.05) is 17.5 Å². The molecule has 1 heterocycles. The average molecular weight is 298 g/mol. The normalized spacial score (nSPS) is 20.9. The standard InChI is InChI=1S/C14H22N2O3S/c1-5-20(17,18)16-10-6-7-13-11(8-10)12(15-4)9-14(2,3)19-13/h6-8,12,15-16H,5,9H2,1-4H3. The summed E-state index contributed by atoms with van der Waals surface area (Å²) in [6.45, 7) is 5.71. The number of fused-ring (bicyclic) bond motifs is 1. The zero-order chi connectivity index (χ0) is 15.0. The molecule has 0 aromatic heterocycles. The number of sulfonamides is 1. The van der Waals surface area contributed by atoms with E-state index in [1.165, 1.54) is 0 Å². The maximum atomic E-state index is 11.6. The predicted molar refractivity (Wildman–Crippen MR) is 80.7 cm³/mol. The zero-order valence-corrected chi connectivity index (χ0v) is 13.2. The van der Waals surface area contributed by atoms with Crippen LogP contribution in [0, 0.1) is 0 Å². The van der Waals surface area contributed by atoms with Crippen molar-refractivity contribution in [2.24, 2.45) is 0 Å². The van der Waals surface area contributed by atoms with E-state index in [1.807, 2.05) is 33.0 Å². The Labute approximate surface area is 120 Å². The molecule has 0 amide bonds. The summed E-state index contributed by atoms with van der Waals surface area (Å²) in [7, 11) is -1.36. The Morgan fingerprint density at radius 1 is 1.40 bits per heavy atom. The lowest BCUT2D eigenvalue weighted by Gasteiger charge is -2.37. The molecular weight excluding hydrogens is 276 g/mol. The van der Waals surface area contributed by atoms with E-state index in [1.54, 1.807) is 13.0 Å². The second-order valence-corrected chi connectivity index (χ2v) is 7.68. The number of anilines is 1. The molecule has 0 bridgehead atoms. The number of ether oxygens (including phenoxy) is 1. The Balaban J connectivity index is 2.36. The molecular formula is C14H22N2O3S. The Kier molecular flexibility index (Phi) is 3.97. The molecule has 5 nitrogen and oxygen atoms in total. The first kappa shape index (κ1) is 15.1. The van der Waals surface area contributed by atoms with Crippen molar-refractivity contribution in [3.63, 3.8) is 0 Å². The second kappa shape index (κ2) is 5.26. The molecule has 1 aliphatic heterocycles. The number of benzene rings is 1. The fourth-order valence-corrected chi connectivity index (χ4v) is 3.06. The lowest BCUT2D eigenvalue weighted by atomic mass is 9.89. The highest BCUT2D eigenvalue weighted by atomic mass is 32.2. The summed E-state index contributed by atoms with van der Waals surface area (Å²) >= 11 is 0. The summed E-state index contributed by atoms with van der Waals surface area (Å²) in [5, 5.41) is 3.26. The minimum atomic E-state index is -3.26. The van der Waals surface area contributed by atoms with E-state index in [-0.39, 0.29) is 17.4 Å². The lowest BCUT2D eigenvalue weighted by molar-refractivity contribution is 0.0676. The second-order valence-electron chi connectivity index (χ2n) is 5.67. The van der Waals surface area contributed by atoms with Crippen LogP contribution in [-0.2, 0) is 10.0 Å². The molecule has 1 atom stereocenters. The molecule has 2 N–H and O–H groups in total. The highest BCUT2D eigenvalue weighted by Gasteiger charge is 2.33. The van der Waals surface area contributed by atoms with E-state index >= 15 is 0 Å². The fourth-order valence-electron chi connectivity index (χ4n) is 2.43. The van der Waals surface area contributed by atoms with Crippen molar-refractivity contribution < 1.29 is 13.2 Å². The highest BCUT2D eigenvalue weighted by Crippen LogP contribution is 2.40. The van der Waals surface area contributed by atoms with Crippen LogP contribution in [-0.4, -0.2) is 26.8 Å². The van der Waals surface area contributed by atoms with E-state index in [9.17, 15) is 8.42 Å². The van der Waals surface area contributed by atoms with Gasteiger partial charge in [-0.15, -0.1) is 0 Å². The Morgan fingerprint density at radius 2 is 2.10 bits per heavy atom. The molecule has 20 heavy (non-hydrogen) atoms. The van der Waals surface area contributed by atoms with Gasteiger partial charge in [0.05, 0.1) is 5.75 Å². The summed E-state index contributed by atoms with van der Waals surface area (Å²) in [4.78, 5) is 0. The quantitative estimate of drug-likeness (QED) is 0.895. The first-order chi connectivity index (χ1) is 9.26. The number of rotatable bonds is 4. The molecule has 1 unspecified atom stereocenters. The van der Waals surface area contributed by atoms with Gasteiger partial charge in [0.2, 0.25) is 10.0 Å². The van der Waals surface area contributed by atoms with Gasteiger partial charge in [-0.1, -0.05) is 0 Å². The molecule has 0 saturated carbocycles. The van der Waals surface area contributed by atoms with Gasteiger partial charge in [-0.2, -0.15) is 0 Å². The third-order valence-electron chi connectivity index (χ3n) is 3.47. The molecule has 0 spiro atoms. The molecule has 1 aromatic carbocycles. The van der Waals surface area contributed by atoms with Gasteiger partial charge in [0, 0.05) is 23.7 Å². The monoisotopic (exact) mass is 298 g/mol. The fraction of sp³-hybridized carbons (Fsp3) is 0.571. The van der Waals surface area contributed by atoms with E-state index in [0.29, 0.717) is 5.69 Å². The maximum Gasteiger partial charge on any atom is 0.232 e. The van der Waals surface area contributed by atoms with Gasteiger partial charge in [-0.3, -0.25) is 4.72 Å². The van der Waals surface area contributed by atoms with Crippen molar-refractivity contribution in [2.45, 2.75) is 38.8 Å². The Hall–Kier alpha value is -1.27. The van der Waals surface area contributed by atoms with Crippen LogP contribution in [0.15, 0.2) is 18.2 Å². The molecule has 1 aromatic rings. The Bertz CT molecular complexity index is 596. The molecule has 6 heteroatoms. The SMILES string of the molecule is CCS(=O)(=O)Nc1ccc2c(c1)C(NC)CC(C)(C)O2. The predicted octanol–water partition coefficient (Wildman–Crippen LogP) is 2.27. The first-order valence-corrected chi connectivity index (χ1v) is 8.42. The van der Waals surface area contributed by atoms with Crippen molar-refractivity contribution in [1.29, 1.82) is 0 Å². The van der Waals surface area contributed by atoms with Gasteiger partial charge in [-0.25, -0.2) is 8.42 Å². The van der Waals surface area contributed by atoms with Crippen LogP contribution < -0.4 is 14.8 Å². The molecule has 1 aliphatic rings. The maximum absolute atomic E-state index is 11.6. The minimum absolute atomic E-state index is 0.0586. The van der Waals surface area contributed by atoms with E-state index in [2.05, 4.69) is 10.0 Å². The van der Waals surface area contributed by atoms with Crippen LogP contribution in [0.2, 0.25) is 0 Å². The van der Waals surface area contributed by atoms with Crippen LogP contribution in [0.25, 0.3) is 0 Å². The zero-order valence-electron chi connectivity index (χ0n) is 12.4. The first-order valence-electron chi connectivity index (χ1n) is 6.77. The van der Waals surface area contributed by atoms with E-state index in [0.717, 1.165) is 17.7 Å². The van der Waals surface area contributed by atoms with Crippen LogP contribution in [0.4, 0.5) is 5.69 Å². The van der Waals surface area contributed by atoms with Crippen LogP contribution >= 0.6 is 0 Å². The highest BCUT2D eigenvalue weighted by molar-refractivity contribution is 7.92. The summed E-state index contributed by atoms with van der Waals surface area (Å²) in [6.07, 6.45) is 0.834. The van der Waals surface area contributed by atoms with Gasteiger partial charge in [0.25, 0.3) is 0 Å². The number of nitrogens with one attached hydrogen (secondary N) is 2. The van der Waals surface area contributed by atoms with Gasteiger partial charge >= 0.3 is 0 Å². The van der Waals surface area contributed by atoms with Crippen LogP contribution in [0.5, 0.6) is 5.75 Å². The molecule has 0 saturated heterocycles. The molecule has 2 rings (SSSR count). The molecule has 0 aliphatic carbocycles. The van der Waals surface area contributed by atoms with Crippen molar-refractivity contribution in [1.82, 2.24) is 5.32 Å². The van der Waals surface area contributed by atoms with Crippen molar-refractivity contribution >= 4 is 15.7 Å². The van der Waals surface area contributed by atoms with Crippen LogP contribution in [0.1, 0.15) is 38.8 Å². The van der Waals surface area contributed by atoms with Gasteiger partial charge < -0.3 is 10.1 Å². The number of hydrogen-bond acceptors (Lipinski definition) is 4. The summed E-state index contributed by atoms with van der Waals surface area (Å²) < 4.78 is 31.8. The van der Waals surface area contributed by atoms with Gasteiger partial charge in [0.1, 0.15) is 11.4 Å². The molecule has 0 fully saturated rings. The van der Waals surface area contributed by atoms with E-state index in [4.69, 9.17) is 4.74 Å². The number of hydrogen-bond donors (Lipinski definition) is 2. The van der Waals surface area contributed by atoms with Gasteiger partial charge in [-0.05, 0) is 46.0 Å². The van der Waals surface area contributed by atoms with Crippen LogP contribution in [0.3, 0.4) is 0 Å². The van der Waals surface area contributed by atoms with E-state index < -0.39 is 10.0 Å².